The second-order valence-corrected chi connectivity index (χ2v) is 7.31. The predicted octanol–water partition coefficient (Wildman–Crippen LogP) is 2.56. The highest BCUT2D eigenvalue weighted by atomic mass is 32.2. The molecule has 6 heteroatoms. The monoisotopic (exact) mass is 313 g/mol. The van der Waals surface area contributed by atoms with Gasteiger partial charge in [-0.2, -0.15) is 0 Å². The molecule has 1 aromatic rings. The molecule has 0 saturated heterocycles. The summed E-state index contributed by atoms with van der Waals surface area (Å²) < 4.78 is 38.0. The van der Waals surface area contributed by atoms with Crippen molar-refractivity contribution in [1.29, 1.82) is 0 Å². The van der Waals surface area contributed by atoms with Crippen molar-refractivity contribution >= 4 is 10.0 Å². The predicted molar refractivity (Wildman–Crippen MR) is 81.3 cm³/mol. The van der Waals surface area contributed by atoms with Gasteiger partial charge in [-0.15, -0.1) is 0 Å². The van der Waals surface area contributed by atoms with Crippen LogP contribution in [0.4, 0.5) is 0 Å². The van der Waals surface area contributed by atoms with Crippen LogP contribution in [0.5, 0.6) is 11.5 Å². The summed E-state index contributed by atoms with van der Waals surface area (Å²) in [6.07, 6.45) is 3.93. The third kappa shape index (κ3) is 3.89. The lowest BCUT2D eigenvalue weighted by Crippen LogP contribution is -2.37. The van der Waals surface area contributed by atoms with Crippen LogP contribution in [0.1, 0.15) is 32.6 Å². The Morgan fingerprint density at radius 1 is 1.05 bits per heavy atom. The normalized spacial score (nSPS) is 22.8. The van der Waals surface area contributed by atoms with Crippen molar-refractivity contribution in [2.45, 2.75) is 43.5 Å². The van der Waals surface area contributed by atoms with Crippen molar-refractivity contribution in [2.24, 2.45) is 5.92 Å². The Morgan fingerprint density at radius 2 is 1.67 bits per heavy atom. The number of hydrogen-bond donors (Lipinski definition) is 1. The molecule has 0 bridgehead atoms. The van der Waals surface area contributed by atoms with Gasteiger partial charge in [-0.05, 0) is 43.7 Å². The van der Waals surface area contributed by atoms with Crippen molar-refractivity contribution in [3.63, 3.8) is 0 Å². The van der Waals surface area contributed by atoms with Crippen molar-refractivity contribution in [3.8, 4) is 11.5 Å². The van der Waals surface area contributed by atoms with Gasteiger partial charge in [0.05, 0.1) is 19.1 Å². The lowest BCUT2D eigenvalue weighted by atomic mass is 9.88. The highest BCUT2D eigenvalue weighted by Crippen LogP contribution is 2.30. The summed E-state index contributed by atoms with van der Waals surface area (Å²) in [6, 6.07) is 4.66. The molecule has 1 aromatic carbocycles. The SMILES string of the molecule is COc1ccc(S(=O)(=O)NC2CCC(C)CC2)cc1OC. The first kappa shape index (κ1) is 16.1. The quantitative estimate of drug-likeness (QED) is 0.907. The Balaban J connectivity index is 2.15. The van der Waals surface area contributed by atoms with Crippen LogP contribution in [-0.2, 0) is 10.0 Å². The van der Waals surface area contributed by atoms with Gasteiger partial charge >= 0.3 is 0 Å². The summed E-state index contributed by atoms with van der Waals surface area (Å²) in [6.45, 7) is 2.21. The Kier molecular flexibility index (Phi) is 5.11. The lowest BCUT2D eigenvalue weighted by molar-refractivity contribution is 0.332. The van der Waals surface area contributed by atoms with Crippen LogP contribution in [0, 0.1) is 5.92 Å². The van der Waals surface area contributed by atoms with Gasteiger partial charge in [0.2, 0.25) is 10.0 Å². The molecule has 1 saturated carbocycles. The van der Waals surface area contributed by atoms with Gasteiger partial charge in [-0.3, -0.25) is 0 Å². The summed E-state index contributed by atoms with van der Waals surface area (Å²) in [7, 11) is -0.509. The third-order valence-corrected chi connectivity index (χ3v) is 5.52. The molecule has 21 heavy (non-hydrogen) atoms. The smallest absolute Gasteiger partial charge is 0.240 e. The maximum atomic E-state index is 12.4. The molecule has 1 N–H and O–H groups in total. The zero-order valence-corrected chi connectivity index (χ0v) is 13.6. The second-order valence-electron chi connectivity index (χ2n) is 5.59. The Hall–Kier alpha value is -1.27. The fourth-order valence-corrected chi connectivity index (χ4v) is 3.97. The molecule has 118 valence electrons. The maximum absolute atomic E-state index is 12.4. The lowest BCUT2D eigenvalue weighted by Gasteiger charge is -2.26. The average molecular weight is 313 g/mol. The van der Waals surface area contributed by atoms with Gasteiger partial charge in [0.1, 0.15) is 0 Å². The maximum Gasteiger partial charge on any atom is 0.240 e. The molecule has 0 amide bonds. The van der Waals surface area contributed by atoms with E-state index in [0.717, 1.165) is 25.7 Å². The molecule has 1 aliphatic carbocycles. The molecule has 0 spiro atoms. The van der Waals surface area contributed by atoms with Crippen LogP contribution in [0.15, 0.2) is 23.1 Å². The number of sulfonamides is 1. The van der Waals surface area contributed by atoms with Crippen molar-refractivity contribution in [3.05, 3.63) is 18.2 Å². The number of ether oxygens (including phenoxy) is 2. The average Bonchev–Trinajstić information content (AvgIpc) is 2.48. The van der Waals surface area contributed by atoms with E-state index < -0.39 is 10.0 Å². The van der Waals surface area contributed by atoms with Crippen LogP contribution in [0.25, 0.3) is 0 Å². The van der Waals surface area contributed by atoms with Crippen LogP contribution in [0.3, 0.4) is 0 Å². The molecule has 2 rings (SSSR count). The van der Waals surface area contributed by atoms with E-state index in [4.69, 9.17) is 9.47 Å². The van der Waals surface area contributed by atoms with Gasteiger partial charge in [0, 0.05) is 12.1 Å². The van der Waals surface area contributed by atoms with Crippen molar-refractivity contribution < 1.29 is 17.9 Å². The first-order valence-corrected chi connectivity index (χ1v) is 8.69. The number of hydrogen-bond acceptors (Lipinski definition) is 4. The van der Waals surface area contributed by atoms with Gasteiger partial charge in [0.25, 0.3) is 0 Å². The van der Waals surface area contributed by atoms with Crippen LogP contribution < -0.4 is 14.2 Å². The summed E-state index contributed by atoms with van der Waals surface area (Å²) >= 11 is 0. The van der Waals surface area contributed by atoms with Gasteiger partial charge in [-0.1, -0.05) is 6.92 Å². The minimum Gasteiger partial charge on any atom is -0.493 e. The number of nitrogens with one attached hydrogen (secondary N) is 1. The Bertz CT molecular complexity index is 577. The number of methoxy groups -OCH3 is 2. The molecule has 0 atom stereocenters. The molecule has 0 aromatic heterocycles. The van der Waals surface area contributed by atoms with E-state index in [9.17, 15) is 8.42 Å². The fraction of sp³-hybridized carbons (Fsp3) is 0.600. The zero-order chi connectivity index (χ0) is 15.5. The Morgan fingerprint density at radius 3 is 2.24 bits per heavy atom. The van der Waals surface area contributed by atoms with Gasteiger partial charge < -0.3 is 9.47 Å². The standard InChI is InChI=1S/C15H23NO4S/c1-11-4-6-12(7-5-11)16-21(17,18)13-8-9-14(19-2)15(10-13)20-3/h8-12,16H,4-7H2,1-3H3. The van der Waals surface area contributed by atoms with Gasteiger partial charge in [-0.25, -0.2) is 13.1 Å². The fourth-order valence-electron chi connectivity index (χ4n) is 2.65. The molecule has 5 nitrogen and oxygen atoms in total. The largest absolute Gasteiger partial charge is 0.493 e. The summed E-state index contributed by atoms with van der Waals surface area (Å²) in [5.74, 6) is 1.62. The molecule has 0 aliphatic heterocycles. The van der Waals surface area contributed by atoms with E-state index in [1.165, 1.54) is 26.4 Å². The minimum absolute atomic E-state index is 0.0271. The molecule has 0 radical (unpaired) electrons. The minimum atomic E-state index is -3.52. The molecular formula is C15H23NO4S. The van der Waals surface area contributed by atoms with Crippen molar-refractivity contribution in [1.82, 2.24) is 4.72 Å². The number of benzene rings is 1. The first-order chi connectivity index (χ1) is 9.96. The Labute approximate surface area is 126 Å². The molecular weight excluding hydrogens is 290 g/mol. The number of rotatable bonds is 5. The van der Waals surface area contributed by atoms with E-state index in [0.29, 0.717) is 17.4 Å². The van der Waals surface area contributed by atoms with Crippen molar-refractivity contribution in [2.75, 3.05) is 14.2 Å². The van der Waals surface area contributed by atoms with Crippen LogP contribution in [-0.4, -0.2) is 28.7 Å². The van der Waals surface area contributed by atoms with E-state index in [1.807, 2.05) is 0 Å². The molecule has 0 heterocycles. The molecule has 1 aliphatic rings. The van der Waals surface area contributed by atoms with Gasteiger partial charge in [0.15, 0.2) is 11.5 Å². The van der Waals surface area contributed by atoms with E-state index in [1.54, 1.807) is 6.07 Å². The van der Waals surface area contributed by atoms with E-state index >= 15 is 0 Å². The summed E-state index contributed by atoms with van der Waals surface area (Å²) in [4.78, 5) is 0.207. The third-order valence-electron chi connectivity index (χ3n) is 4.00. The van der Waals surface area contributed by atoms with Crippen LogP contribution >= 0.6 is 0 Å². The zero-order valence-electron chi connectivity index (χ0n) is 12.8. The van der Waals surface area contributed by atoms with E-state index in [2.05, 4.69) is 11.6 Å². The summed E-state index contributed by atoms with van der Waals surface area (Å²) in [5.41, 5.74) is 0. The molecule has 1 fully saturated rings. The van der Waals surface area contributed by atoms with Crippen LogP contribution in [0.2, 0.25) is 0 Å². The summed E-state index contributed by atoms with van der Waals surface area (Å²) in [5, 5.41) is 0. The highest BCUT2D eigenvalue weighted by Gasteiger charge is 2.24. The first-order valence-electron chi connectivity index (χ1n) is 7.20. The highest BCUT2D eigenvalue weighted by molar-refractivity contribution is 7.89. The topological polar surface area (TPSA) is 64.6 Å². The second kappa shape index (κ2) is 6.66. The molecule has 0 unspecified atom stereocenters. The van der Waals surface area contributed by atoms with E-state index in [-0.39, 0.29) is 10.9 Å².